The zero-order valence-electron chi connectivity index (χ0n) is 15.7. The second-order valence-corrected chi connectivity index (χ2v) is 8.07. The topological polar surface area (TPSA) is 111 Å². The summed E-state index contributed by atoms with van der Waals surface area (Å²) in [4.78, 5) is 35.3. The molecule has 0 spiro atoms. The highest BCUT2D eigenvalue weighted by molar-refractivity contribution is 8.15. The van der Waals surface area contributed by atoms with Crippen LogP contribution in [0.5, 0.6) is 5.75 Å². The van der Waals surface area contributed by atoms with Crippen LogP contribution in [0, 0.1) is 0 Å². The summed E-state index contributed by atoms with van der Waals surface area (Å²) in [6.07, 6.45) is 1.13. The van der Waals surface area contributed by atoms with Crippen molar-refractivity contribution in [2.24, 2.45) is 0 Å². The van der Waals surface area contributed by atoms with Crippen LogP contribution in [0.25, 0.3) is 0 Å². The fourth-order valence-corrected chi connectivity index (χ4v) is 3.94. The van der Waals surface area contributed by atoms with Gasteiger partial charge in [-0.05, 0) is 30.0 Å². The Balaban J connectivity index is 1.53. The number of ether oxygens (including phenoxy) is 1. The Morgan fingerprint density at radius 3 is 2.55 bits per heavy atom. The first-order valence-electron chi connectivity index (χ1n) is 8.88. The van der Waals surface area contributed by atoms with E-state index in [-0.39, 0.29) is 22.3 Å². The number of carbonyl (C=O) groups excluding carboxylic acids is 3. The molecule has 3 amide bonds. The van der Waals surface area contributed by atoms with Gasteiger partial charge in [0.1, 0.15) is 5.75 Å². The van der Waals surface area contributed by atoms with Gasteiger partial charge in [-0.3, -0.25) is 19.7 Å². The lowest BCUT2D eigenvalue weighted by molar-refractivity contribution is -0.118. The third-order valence-electron chi connectivity index (χ3n) is 4.47. The van der Waals surface area contributed by atoms with E-state index in [1.54, 1.807) is 0 Å². The molecule has 0 aliphatic carbocycles. The van der Waals surface area contributed by atoms with Crippen molar-refractivity contribution in [2.75, 3.05) is 19.4 Å². The number of halogens is 1. The second-order valence-electron chi connectivity index (χ2n) is 6.48. The molecule has 3 rings (SSSR count). The minimum absolute atomic E-state index is 0.245. The number of benzene rings is 2. The number of amides is 3. The predicted molar refractivity (Wildman–Crippen MR) is 114 cm³/mol. The normalized spacial score (nSPS) is 15.9. The largest absolute Gasteiger partial charge is 0.496 e. The van der Waals surface area contributed by atoms with E-state index in [9.17, 15) is 14.4 Å². The molecule has 0 saturated carbocycles. The SMILES string of the molecule is COc1cc(N)c(Cl)cc1C(=O)NCCc1ccc(C[C@@H]2SC(=O)NC2=O)cc1. The lowest BCUT2D eigenvalue weighted by Gasteiger charge is -2.11. The van der Waals surface area contributed by atoms with E-state index >= 15 is 0 Å². The average Bonchev–Trinajstić information content (AvgIpc) is 3.01. The zero-order chi connectivity index (χ0) is 21.0. The Morgan fingerprint density at radius 1 is 1.24 bits per heavy atom. The number of imide groups is 1. The number of hydrogen-bond donors (Lipinski definition) is 3. The van der Waals surface area contributed by atoms with Crippen molar-refractivity contribution < 1.29 is 19.1 Å². The summed E-state index contributed by atoms with van der Waals surface area (Å²) >= 11 is 7.02. The fraction of sp³-hybridized carbons (Fsp3) is 0.250. The summed E-state index contributed by atoms with van der Waals surface area (Å²) in [6.45, 7) is 0.429. The van der Waals surface area contributed by atoms with Gasteiger partial charge in [0.2, 0.25) is 5.91 Å². The number of nitrogen functional groups attached to an aromatic ring is 1. The third-order valence-corrected chi connectivity index (χ3v) is 5.78. The van der Waals surface area contributed by atoms with Crippen LogP contribution in [-0.4, -0.2) is 36.0 Å². The standard InChI is InChI=1S/C20H20ClN3O4S/c1-28-16-10-15(22)14(21)9-13(16)18(25)23-7-6-11-2-4-12(5-3-11)8-17-19(26)24-20(27)29-17/h2-5,9-10,17H,6-8,22H2,1H3,(H,23,25)(H,24,26,27)/t17-/m0/s1. The van der Waals surface area contributed by atoms with Crippen molar-refractivity contribution in [3.05, 3.63) is 58.1 Å². The minimum atomic E-state index is -0.380. The highest BCUT2D eigenvalue weighted by Gasteiger charge is 2.31. The lowest BCUT2D eigenvalue weighted by atomic mass is 10.1. The molecule has 7 nitrogen and oxygen atoms in total. The van der Waals surface area contributed by atoms with Gasteiger partial charge in [-0.25, -0.2) is 0 Å². The molecule has 2 aromatic carbocycles. The Morgan fingerprint density at radius 2 is 1.93 bits per heavy atom. The van der Waals surface area contributed by atoms with Crippen LogP contribution in [0.3, 0.4) is 0 Å². The van der Waals surface area contributed by atoms with Crippen LogP contribution in [0.15, 0.2) is 36.4 Å². The predicted octanol–water partition coefficient (Wildman–Crippen LogP) is 2.80. The van der Waals surface area contributed by atoms with Crippen molar-refractivity contribution in [3.63, 3.8) is 0 Å². The first-order valence-corrected chi connectivity index (χ1v) is 10.1. The molecule has 1 aliphatic heterocycles. The van der Waals surface area contributed by atoms with Gasteiger partial charge in [-0.1, -0.05) is 47.6 Å². The monoisotopic (exact) mass is 433 g/mol. The number of methoxy groups -OCH3 is 1. The van der Waals surface area contributed by atoms with Gasteiger partial charge in [0.25, 0.3) is 11.1 Å². The van der Waals surface area contributed by atoms with Crippen molar-refractivity contribution >= 4 is 46.1 Å². The van der Waals surface area contributed by atoms with Crippen molar-refractivity contribution in [3.8, 4) is 5.75 Å². The van der Waals surface area contributed by atoms with Crippen molar-refractivity contribution in [1.29, 1.82) is 0 Å². The van der Waals surface area contributed by atoms with Gasteiger partial charge < -0.3 is 15.8 Å². The number of nitrogens with one attached hydrogen (secondary N) is 2. The van der Waals surface area contributed by atoms with Crippen molar-refractivity contribution in [2.45, 2.75) is 18.1 Å². The van der Waals surface area contributed by atoms with E-state index in [2.05, 4.69) is 10.6 Å². The molecule has 2 aromatic rings. The average molecular weight is 434 g/mol. The summed E-state index contributed by atoms with van der Waals surface area (Å²) in [5.74, 6) is -0.180. The molecule has 152 valence electrons. The second kappa shape index (κ2) is 9.19. The summed E-state index contributed by atoms with van der Waals surface area (Å²) in [7, 11) is 1.46. The van der Waals surface area contributed by atoms with Gasteiger partial charge in [0, 0.05) is 12.6 Å². The van der Waals surface area contributed by atoms with Crippen LogP contribution in [-0.2, 0) is 17.6 Å². The maximum atomic E-state index is 12.4. The zero-order valence-corrected chi connectivity index (χ0v) is 17.2. The number of nitrogens with two attached hydrogens (primary N) is 1. The molecule has 0 aromatic heterocycles. The quantitative estimate of drug-likeness (QED) is 0.579. The van der Waals surface area contributed by atoms with Gasteiger partial charge in [0.05, 0.1) is 28.6 Å². The molecule has 4 N–H and O–H groups in total. The first kappa shape index (κ1) is 21.0. The molecular weight excluding hydrogens is 414 g/mol. The highest BCUT2D eigenvalue weighted by atomic mass is 35.5. The number of rotatable bonds is 7. The lowest BCUT2D eigenvalue weighted by Crippen LogP contribution is -2.26. The summed E-state index contributed by atoms with van der Waals surface area (Å²) in [5.41, 5.74) is 8.42. The Labute approximate surface area is 177 Å². The number of thioether (sulfide) groups is 1. The van der Waals surface area contributed by atoms with E-state index in [0.717, 1.165) is 22.9 Å². The molecule has 1 heterocycles. The molecule has 0 bridgehead atoms. The maximum Gasteiger partial charge on any atom is 0.286 e. The molecule has 29 heavy (non-hydrogen) atoms. The van der Waals surface area contributed by atoms with E-state index in [1.165, 1.54) is 19.2 Å². The van der Waals surface area contributed by atoms with Crippen molar-refractivity contribution in [1.82, 2.24) is 10.6 Å². The van der Waals surface area contributed by atoms with Crippen LogP contribution in [0.1, 0.15) is 21.5 Å². The Hall–Kier alpha value is -2.71. The van der Waals surface area contributed by atoms with E-state index in [1.807, 2.05) is 24.3 Å². The maximum absolute atomic E-state index is 12.4. The first-order chi connectivity index (χ1) is 13.9. The molecule has 0 unspecified atom stereocenters. The minimum Gasteiger partial charge on any atom is -0.496 e. The molecular formula is C20H20ClN3O4S. The fourth-order valence-electron chi connectivity index (χ4n) is 2.91. The third kappa shape index (κ3) is 5.21. The van der Waals surface area contributed by atoms with Crippen LogP contribution >= 0.6 is 23.4 Å². The summed E-state index contributed by atoms with van der Waals surface area (Å²) in [6, 6.07) is 10.8. The Bertz CT molecular complexity index is 949. The van der Waals surface area contributed by atoms with Gasteiger partial charge >= 0.3 is 0 Å². The van der Waals surface area contributed by atoms with E-state index in [0.29, 0.717) is 41.4 Å². The molecule has 1 fully saturated rings. The van der Waals surface area contributed by atoms with E-state index in [4.69, 9.17) is 22.1 Å². The van der Waals surface area contributed by atoms with Crippen LogP contribution in [0.4, 0.5) is 10.5 Å². The summed E-state index contributed by atoms with van der Waals surface area (Å²) in [5, 5.41) is 4.74. The highest BCUT2D eigenvalue weighted by Crippen LogP contribution is 2.28. The van der Waals surface area contributed by atoms with Gasteiger partial charge in [-0.2, -0.15) is 0 Å². The molecule has 9 heteroatoms. The molecule has 0 radical (unpaired) electrons. The van der Waals surface area contributed by atoms with Gasteiger partial charge in [-0.15, -0.1) is 0 Å². The van der Waals surface area contributed by atoms with Crippen LogP contribution < -0.4 is 21.1 Å². The Kier molecular flexibility index (Phi) is 6.66. The number of anilines is 1. The van der Waals surface area contributed by atoms with Crippen LogP contribution in [0.2, 0.25) is 5.02 Å². The number of hydrogen-bond acceptors (Lipinski definition) is 6. The molecule has 1 atom stereocenters. The number of carbonyl (C=O) groups is 3. The smallest absolute Gasteiger partial charge is 0.286 e. The molecule has 1 saturated heterocycles. The van der Waals surface area contributed by atoms with Gasteiger partial charge in [0.15, 0.2) is 0 Å². The molecule has 1 aliphatic rings. The van der Waals surface area contributed by atoms with E-state index < -0.39 is 0 Å². The summed E-state index contributed by atoms with van der Waals surface area (Å²) < 4.78 is 5.20.